The second-order valence-electron chi connectivity index (χ2n) is 9.98. The highest BCUT2D eigenvalue weighted by Crippen LogP contribution is 2.56. The van der Waals surface area contributed by atoms with Crippen LogP contribution in [-0.4, -0.2) is 36.7 Å². The fourth-order valence-electron chi connectivity index (χ4n) is 5.47. The number of nitrogens with two attached hydrogens (primary N) is 1. The molecule has 0 unspecified atom stereocenters. The number of anilines is 1. The SMILES string of the molecule is CC(C)c1cnn2c(NCc3cccc4ncccc34)nc(OC3CC4(CC(N)C4)C3)nc12. The lowest BCUT2D eigenvalue weighted by Crippen LogP contribution is -2.56. The predicted octanol–water partition coefficient (Wildman–Crippen LogP) is 4.06. The normalized spacial score (nSPS) is 24.2. The molecule has 4 aromatic rings. The van der Waals surface area contributed by atoms with Gasteiger partial charge in [-0.3, -0.25) is 4.98 Å². The largest absolute Gasteiger partial charge is 0.460 e. The van der Waals surface area contributed by atoms with E-state index in [-0.39, 0.29) is 6.10 Å². The van der Waals surface area contributed by atoms with Crippen molar-refractivity contribution in [3.05, 3.63) is 53.9 Å². The summed E-state index contributed by atoms with van der Waals surface area (Å²) >= 11 is 0. The first-order chi connectivity index (χ1) is 16.0. The summed E-state index contributed by atoms with van der Waals surface area (Å²) in [4.78, 5) is 13.9. The third kappa shape index (κ3) is 3.58. The molecule has 2 fully saturated rings. The van der Waals surface area contributed by atoms with Gasteiger partial charge in [0.1, 0.15) is 6.10 Å². The minimum absolute atomic E-state index is 0.155. The van der Waals surface area contributed by atoms with E-state index in [2.05, 4.69) is 41.4 Å². The first-order valence-electron chi connectivity index (χ1n) is 11.7. The highest BCUT2D eigenvalue weighted by molar-refractivity contribution is 5.82. The van der Waals surface area contributed by atoms with Crippen LogP contribution in [0.15, 0.2) is 42.7 Å². The van der Waals surface area contributed by atoms with Gasteiger partial charge in [0.25, 0.3) is 0 Å². The molecule has 0 radical (unpaired) electrons. The molecule has 1 spiro atoms. The monoisotopic (exact) mass is 443 g/mol. The van der Waals surface area contributed by atoms with Crippen molar-refractivity contribution in [1.82, 2.24) is 24.6 Å². The van der Waals surface area contributed by atoms with Crippen LogP contribution in [0.2, 0.25) is 0 Å². The fourth-order valence-corrected chi connectivity index (χ4v) is 5.47. The molecule has 1 aromatic carbocycles. The molecule has 0 aliphatic heterocycles. The summed E-state index contributed by atoms with van der Waals surface area (Å²) in [6, 6.07) is 11.0. The van der Waals surface area contributed by atoms with E-state index in [1.165, 1.54) is 0 Å². The minimum Gasteiger partial charge on any atom is -0.460 e. The van der Waals surface area contributed by atoms with E-state index in [0.29, 0.717) is 35.9 Å². The Balaban J connectivity index is 1.28. The summed E-state index contributed by atoms with van der Waals surface area (Å²) < 4.78 is 8.01. The molecule has 8 nitrogen and oxygen atoms in total. The minimum atomic E-state index is 0.155. The van der Waals surface area contributed by atoms with Crippen LogP contribution in [0, 0.1) is 5.41 Å². The van der Waals surface area contributed by atoms with Gasteiger partial charge in [0, 0.05) is 29.7 Å². The second-order valence-corrected chi connectivity index (χ2v) is 9.98. The predicted molar refractivity (Wildman–Crippen MR) is 127 cm³/mol. The Bertz CT molecular complexity index is 1310. The summed E-state index contributed by atoms with van der Waals surface area (Å²) in [7, 11) is 0. The van der Waals surface area contributed by atoms with Gasteiger partial charge >= 0.3 is 6.01 Å². The van der Waals surface area contributed by atoms with Crippen molar-refractivity contribution in [3.63, 3.8) is 0 Å². The van der Waals surface area contributed by atoms with Gasteiger partial charge in [-0.15, -0.1) is 0 Å². The number of fused-ring (bicyclic) bond motifs is 2. The number of ether oxygens (including phenoxy) is 1. The lowest BCUT2D eigenvalue weighted by Gasteiger charge is -2.56. The number of pyridine rings is 1. The molecule has 3 N–H and O–H groups in total. The molecule has 6 rings (SSSR count). The maximum absolute atomic E-state index is 6.24. The third-order valence-corrected chi connectivity index (χ3v) is 7.15. The van der Waals surface area contributed by atoms with Crippen LogP contribution in [0.3, 0.4) is 0 Å². The standard InChI is InChI=1S/C25H29N7O/c1-15(2)20-14-29-32-22(20)30-24(33-18-11-25(12-18)9-17(26)10-25)31-23(32)28-13-16-5-3-7-21-19(16)6-4-8-27-21/h3-8,14-15,17-18H,9-13,26H2,1-2H3,(H,28,30,31). The smallest absolute Gasteiger partial charge is 0.322 e. The molecule has 3 heterocycles. The summed E-state index contributed by atoms with van der Waals surface area (Å²) in [6.45, 7) is 4.88. The van der Waals surface area contributed by atoms with Crippen molar-refractivity contribution in [3.8, 4) is 6.01 Å². The molecule has 0 amide bonds. The number of nitrogens with zero attached hydrogens (tertiary/aromatic N) is 5. The molecule has 2 aliphatic rings. The van der Waals surface area contributed by atoms with Crippen LogP contribution in [0.4, 0.5) is 5.95 Å². The summed E-state index contributed by atoms with van der Waals surface area (Å²) in [5.41, 5.74) is 10.4. The van der Waals surface area contributed by atoms with Crippen LogP contribution in [0.1, 0.15) is 56.6 Å². The molecule has 3 aromatic heterocycles. The second kappa shape index (κ2) is 7.66. The number of nitrogens with one attached hydrogen (secondary N) is 1. The Morgan fingerprint density at radius 2 is 2.00 bits per heavy atom. The Labute approximate surface area is 192 Å². The molecule has 33 heavy (non-hydrogen) atoms. The maximum Gasteiger partial charge on any atom is 0.322 e. The van der Waals surface area contributed by atoms with E-state index in [9.17, 15) is 0 Å². The first kappa shape index (κ1) is 20.4. The van der Waals surface area contributed by atoms with Crippen molar-refractivity contribution in [2.24, 2.45) is 11.1 Å². The molecular weight excluding hydrogens is 414 g/mol. The molecule has 0 saturated heterocycles. The van der Waals surface area contributed by atoms with Gasteiger partial charge < -0.3 is 15.8 Å². The van der Waals surface area contributed by atoms with Crippen molar-refractivity contribution in [1.29, 1.82) is 0 Å². The Kier molecular flexibility index (Phi) is 4.72. The van der Waals surface area contributed by atoms with E-state index in [0.717, 1.165) is 53.4 Å². The lowest BCUT2D eigenvalue weighted by atomic mass is 9.53. The van der Waals surface area contributed by atoms with Crippen LogP contribution in [-0.2, 0) is 6.54 Å². The zero-order chi connectivity index (χ0) is 22.6. The summed E-state index contributed by atoms with van der Waals surface area (Å²) in [5.74, 6) is 0.924. The van der Waals surface area contributed by atoms with Gasteiger partial charge in [0.05, 0.1) is 11.7 Å². The van der Waals surface area contributed by atoms with E-state index in [1.54, 1.807) is 4.52 Å². The topological polar surface area (TPSA) is 103 Å². The molecule has 0 atom stereocenters. The summed E-state index contributed by atoms with van der Waals surface area (Å²) in [5, 5.41) is 9.16. The van der Waals surface area contributed by atoms with Gasteiger partial charge in [0.15, 0.2) is 5.65 Å². The van der Waals surface area contributed by atoms with Gasteiger partial charge in [-0.05, 0) is 54.7 Å². The fraction of sp³-hybridized carbons (Fsp3) is 0.440. The first-order valence-corrected chi connectivity index (χ1v) is 11.7. The average Bonchev–Trinajstić information content (AvgIpc) is 3.19. The van der Waals surface area contributed by atoms with E-state index in [4.69, 9.17) is 20.4 Å². The van der Waals surface area contributed by atoms with Crippen LogP contribution in [0.5, 0.6) is 6.01 Å². The quantitative estimate of drug-likeness (QED) is 0.463. The number of rotatable bonds is 6. The molecule has 0 bridgehead atoms. The molecule has 8 heteroatoms. The van der Waals surface area contributed by atoms with Crippen molar-refractivity contribution >= 4 is 22.5 Å². The van der Waals surface area contributed by atoms with E-state index in [1.807, 2.05) is 30.6 Å². The van der Waals surface area contributed by atoms with Gasteiger partial charge in [-0.2, -0.15) is 19.6 Å². The molecule has 170 valence electrons. The molecular formula is C25H29N7O. The Hall–Kier alpha value is -3.26. The van der Waals surface area contributed by atoms with Crippen molar-refractivity contribution < 1.29 is 4.74 Å². The lowest BCUT2D eigenvalue weighted by molar-refractivity contribution is -0.0810. The number of aromatic nitrogens is 5. The highest BCUT2D eigenvalue weighted by Gasteiger charge is 2.53. The number of hydrogen-bond acceptors (Lipinski definition) is 7. The number of hydrogen-bond donors (Lipinski definition) is 2. The Morgan fingerprint density at radius 1 is 1.15 bits per heavy atom. The van der Waals surface area contributed by atoms with Crippen LogP contribution >= 0.6 is 0 Å². The zero-order valence-corrected chi connectivity index (χ0v) is 19.0. The third-order valence-electron chi connectivity index (χ3n) is 7.15. The Morgan fingerprint density at radius 3 is 2.79 bits per heavy atom. The van der Waals surface area contributed by atoms with Gasteiger partial charge in [-0.1, -0.05) is 32.0 Å². The van der Waals surface area contributed by atoms with E-state index < -0.39 is 0 Å². The maximum atomic E-state index is 6.24. The summed E-state index contributed by atoms with van der Waals surface area (Å²) in [6.07, 6.45) is 8.14. The van der Waals surface area contributed by atoms with E-state index >= 15 is 0 Å². The highest BCUT2D eigenvalue weighted by atomic mass is 16.5. The zero-order valence-electron chi connectivity index (χ0n) is 19.0. The van der Waals surface area contributed by atoms with Crippen molar-refractivity contribution in [2.45, 2.75) is 64.1 Å². The number of benzene rings is 1. The van der Waals surface area contributed by atoms with Crippen molar-refractivity contribution in [2.75, 3.05) is 5.32 Å². The van der Waals surface area contributed by atoms with Crippen LogP contribution in [0.25, 0.3) is 16.6 Å². The van der Waals surface area contributed by atoms with Gasteiger partial charge in [-0.25, -0.2) is 0 Å². The van der Waals surface area contributed by atoms with Gasteiger partial charge in [0.2, 0.25) is 5.95 Å². The molecule has 2 aliphatic carbocycles. The van der Waals surface area contributed by atoms with Crippen LogP contribution < -0.4 is 15.8 Å². The average molecular weight is 444 g/mol. The molecule has 2 saturated carbocycles.